The van der Waals surface area contributed by atoms with Crippen LogP contribution in [0.25, 0.3) is 0 Å². The second-order valence-electron chi connectivity index (χ2n) is 5.35. The molecule has 0 aliphatic carbocycles. The molecular formula is C16H15IN2O4S. The predicted octanol–water partition coefficient (Wildman–Crippen LogP) is 1.91. The number of anilines is 1. The summed E-state index contributed by atoms with van der Waals surface area (Å²) in [6.45, 7) is 0.424. The van der Waals surface area contributed by atoms with Gasteiger partial charge in [0.05, 0.1) is 8.47 Å². The van der Waals surface area contributed by atoms with Crippen LogP contribution in [0.15, 0.2) is 47.4 Å². The van der Waals surface area contributed by atoms with E-state index in [1.54, 1.807) is 11.0 Å². The quantitative estimate of drug-likeness (QED) is 0.710. The lowest BCUT2D eigenvalue weighted by atomic mass is 10.2. The molecule has 0 fully saturated rings. The van der Waals surface area contributed by atoms with Gasteiger partial charge in [-0.2, -0.15) is 0 Å². The number of fused-ring (bicyclic) bond motifs is 1. The van der Waals surface area contributed by atoms with Crippen LogP contribution in [0.1, 0.15) is 5.56 Å². The third-order valence-electron chi connectivity index (χ3n) is 3.76. The highest BCUT2D eigenvalue weighted by Gasteiger charge is 2.26. The zero-order valence-electron chi connectivity index (χ0n) is 12.6. The van der Waals surface area contributed by atoms with Crippen LogP contribution in [0.5, 0.6) is 5.75 Å². The number of nitrogens with two attached hydrogens (primary N) is 1. The summed E-state index contributed by atoms with van der Waals surface area (Å²) < 4.78 is 29.4. The van der Waals surface area contributed by atoms with Crippen LogP contribution in [0.4, 0.5) is 5.69 Å². The number of sulfonamides is 1. The Morgan fingerprint density at radius 3 is 2.71 bits per heavy atom. The SMILES string of the molecule is NS(=O)(=O)c1ccc2c(c1)CCN2C(=O)COc1ccccc1I. The number of halogens is 1. The second kappa shape index (κ2) is 6.69. The molecule has 126 valence electrons. The molecule has 6 nitrogen and oxygen atoms in total. The monoisotopic (exact) mass is 458 g/mol. The van der Waals surface area contributed by atoms with Crippen LogP contribution in [0.2, 0.25) is 0 Å². The number of carbonyl (C=O) groups is 1. The molecule has 1 aliphatic heterocycles. The molecule has 1 amide bonds. The number of carbonyl (C=O) groups excluding carboxylic acids is 1. The van der Waals surface area contributed by atoms with Crippen molar-refractivity contribution in [2.45, 2.75) is 11.3 Å². The first-order valence-electron chi connectivity index (χ1n) is 7.19. The Bertz CT molecular complexity index is 899. The highest BCUT2D eigenvalue weighted by molar-refractivity contribution is 14.1. The van der Waals surface area contributed by atoms with E-state index in [2.05, 4.69) is 22.6 Å². The Morgan fingerprint density at radius 1 is 1.25 bits per heavy atom. The minimum Gasteiger partial charge on any atom is -0.483 e. The summed E-state index contributed by atoms with van der Waals surface area (Å²) in [6.07, 6.45) is 0.591. The molecule has 0 unspecified atom stereocenters. The minimum atomic E-state index is -3.74. The molecule has 2 aromatic carbocycles. The molecule has 0 aromatic heterocycles. The second-order valence-corrected chi connectivity index (χ2v) is 8.07. The molecule has 0 atom stereocenters. The van der Waals surface area contributed by atoms with Gasteiger partial charge in [0.25, 0.3) is 5.91 Å². The standard InChI is InChI=1S/C16H15IN2O4S/c17-13-3-1-2-4-15(13)23-10-16(20)19-8-7-11-9-12(24(18,21)22)5-6-14(11)19/h1-6,9H,7-8,10H2,(H2,18,21,22). The van der Waals surface area contributed by atoms with Gasteiger partial charge in [-0.3, -0.25) is 4.79 Å². The lowest BCUT2D eigenvalue weighted by Crippen LogP contribution is -2.33. The van der Waals surface area contributed by atoms with Crippen molar-refractivity contribution in [1.82, 2.24) is 0 Å². The molecule has 8 heteroatoms. The topological polar surface area (TPSA) is 89.7 Å². The molecule has 24 heavy (non-hydrogen) atoms. The van der Waals surface area contributed by atoms with Gasteiger partial charge in [-0.25, -0.2) is 13.6 Å². The summed E-state index contributed by atoms with van der Waals surface area (Å²) in [6, 6.07) is 12.0. The number of hydrogen-bond donors (Lipinski definition) is 1. The fourth-order valence-corrected chi connectivity index (χ4v) is 3.70. The number of para-hydroxylation sites is 1. The highest BCUT2D eigenvalue weighted by atomic mass is 127. The average molecular weight is 458 g/mol. The van der Waals surface area contributed by atoms with E-state index in [0.29, 0.717) is 24.4 Å². The van der Waals surface area contributed by atoms with Crippen molar-refractivity contribution < 1.29 is 17.9 Å². The maximum Gasteiger partial charge on any atom is 0.264 e. The largest absolute Gasteiger partial charge is 0.483 e. The smallest absolute Gasteiger partial charge is 0.264 e. The van der Waals surface area contributed by atoms with Crippen LogP contribution in [-0.4, -0.2) is 27.5 Å². The van der Waals surface area contributed by atoms with Crippen LogP contribution in [0.3, 0.4) is 0 Å². The number of hydrogen-bond acceptors (Lipinski definition) is 4. The van der Waals surface area contributed by atoms with E-state index in [4.69, 9.17) is 9.88 Å². The summed E-state index contributed by atoms with van der Waals surface area (Å²) >= 11 is 2.15. The van der Waals surface area contributed by atoms with Gasteiger partial charge in [0.15, 0.2) is 6.61 Å². The van der Waals surface area contributed by atoms with Crippen molar-refractivity contribution >= 4 is 44.2 Å². The van der Waals surface area contributed by atoms with Gasteiger partial charge in [-0.15, -0.1) is 0 Å². The van der Waals surface area contributed by atoms with Gasteiger partial charge in [0, 0.05) is 12.2 Å². The first kappa shape index (κ1) is 17.2. The van der Waals surface area contributed by atoms with Gasteiger partial charge in [-0.1, -0.05) is 12.1 Å². The zero-order chi connectivity index (χ0) is 17.3. The molecule has 1 aliphatic rings. The minimum absolute atomic E-state index is 0.0608. The Hall–Kier alpha value is -1.65. The van der Waals surface area contributed by atoms with Gasteiger partial charge in [-0.05, 0) is 64.9 Å². The van der Waals surface area contributed by atoms with Gasteiger partial charge in [0.1, 0.15) is 5.75 Å². The molecule has 2 aromatic rings. The van der Waals surface area contributed by atoms with Crippen molar-refractivity contribution in [3.8, 4) is 5.75 Å². The number of primary sulfonamides is 1. The van der Waals surface area contributed by atoms with E-state index >= 15 is 0 Å². The predicted molar refractivity (Wildman–Crippen MR) is 98.5 cm³/mol. The Balaban J connectivity index is 1.74. The third kappa shape index (κ3) is 3.55. The van der Waals surface area contributed by atoms with E-state index in [9.17, 15) is 13.2 Å². The Labute approximate surface area is 153 Å². The van der Waals surface area contributed by atoms with E-state index in [1.165, 1.54) is 12.1 Å². The van der Waals surface area contributed by atoms with Crippen molar-refractivity contribution in [3.05, 3.63) is 51.6 Å². The van der Waals surface area contributed by atoms with E-state index < -0.39 is 10.0 Å². The van der Waals surface area contributed by atoms with Gasteiger partial charge < -0.3 is 9.64 Å². The fraction of sp³-hybridized carbons (Fsp3) is 0.188. The third-order valence-corrected chi connectivity index (χ3v) is 5.57. The first-order valence-corrected chi connectivity index (χ1v) is 9.82. The van der Waals surface area contributed by atoms with Crippen molar-refractivity contribution in [2.75, 3.05) is 18.1 Å². The van der Waals surface area contributed by atoms with Crippen molar-refractivity contribution in [1.29, 1.82) is 0 Å². The van der Waals surface area contributed by atoms with Crippen molar-refractivity contribution in [3.63, 3.8) is 0 Å². The van der Waals surface area contributed by atoms with Crippen LogP contribution in [0, 0.1) is 3.57 Å². The molecule has 0 saturated carbocycles. The summed E-state index contributed by atoms with van der Waals surface area (Å²) in [5, 5.41) is 5.14. The molecule has 1 heterocycles. The summed E-state index contributed by atoms with van der Waals surface area (Å²) in [5.41, 5.74) is 1.50. The summed E-state index contributed by atoms with van der Waals surface area (Å²) in [5.74, 6) is 0.493. The number of ether oxygens (including phenoxy) is 1. The normalized spacial score (nSPS) is 13.7. The zero-order valence-corrected chi connectivity index (χ0v) is 15.6. The lowest BCUT2D eigenvalue weighted by Gasteiger charge is -2.18. The summed E-state index contributed by atoms with van der Waals surface area (Å²) in [7, 11) is -3.74. The number of benzene rings is 2. The molecule has 0 spiro atoms. The van der Waals surface area contributed by atoms with Crippen LogP contribution >= 0.6 is 22.6 Å². The number of nitrogens with zero attached hydrogens (tertiary/aromatic N) is 1. The molecular weight excluding hydrogens is 443 g/mol. The van der Waals surface area contributed by atoms with Gasteiger partial charge in [0.2, 0.25) is 10.0 Å². The highest BCUT2D eigenvalue weighted by Crippen LogP contribution is 2.30. The molecule has 3 rings (SSSR count). The molecule has 0 saturated heterocycles. The van der Waals surface area contributed by atoms with Crippen molar-refractivity contribution in [2.24, 2.45) is 5.14 Å². The Kier molecular flexibility index (Phi) is 4.79. The molecule has 2 N–H and O–H groups in total. The van der Waals surface area contributed by atoms with Crippen LogP contribution < -0.4 is 14.8 Å². The van der Waals surface area contributed by atoms with Gasteiger partial charge >= 0.3 is 0 Å². The maximum atomic E-state index is 12.4. The van der Waals surface area contributed by atoms with E-state index in [-0.39, 0.29) is 17.4 Å². The first-order chi connectivity index (χ1) is 11.4. The number of amides is 1. The fourth-order valence-electron chi connectivity index (χ4n) is 2.59. The van der Waals surface area contributed by atoms with E-state index in [1.807, 2.05) is 24.3 Å². The van der Waals surface area contributed by atoms with Crippen LogP contribution in [-0.2, 0) is 21.2 Å². The van der Waals surface area contributed by atoms with E-state index in [0.717, 1.165) is 9.13 Å². The summed E-state index contributed by atoms with van der Waals surface area (Å²) in [4.78, 5) is 14.1. The average Bonchev–Trinajstić information content (AvgIpc) is 2.96. The number of rotatable bonds is 4. The Morgan fingerprint density at radius 2 is 2.00 bits per heavy atom. The molecule has 0 radical (unpaired) electrons. The molecule has 0 bridgehead atoms. The maximum absolute atomic E-state index is 12.4. The lowest BCUT2D eigenvalue weighted by molar-refractivity contribution is -0.120.